The number of aliphatic hydroxyl groups is 1. The minimum Gasteiger partial charge on any atom is -0.390 e. The number of thiophene rings is 1. The summed E-state index contributed by atoms with van der Waals surface area (Å²) >= 11 is 1.77. The van der Waals surface area contributed by atoms with Gasteiger partial charge < -0.3 is 15.7 Å². The molecule has 4 rings (SSSR count). The fraction of sp³-hybridized carbons (Fsp3) is 0.370. The van der Waals surface area contributed by atoms with E-state index in [-0.39, 0.29) is 24.9 Å². The summed E-state index contributed by atoms with van der Waals surface area (Å²) in [6.45, 7) is 3.71. The molecule has 3 atom stereocenters. The summed E-state index contributed by atoms with van der Waals surface area (Å²) in [4.78, 5) is 14.2. The van der Waals surface area contributed by atoms with Crippen molar-refractivity contribution in [3.8, 4) is 10.4 Å². The topological polar surface area (TPSA) is 61.4 Å². The SMILES string of the molecule is CC(=O)N[C@@H](Cc1cc(F)cc(F)c1)[C@H](O)CN[C@H]1CCCc2ccc(-c3ccc(C)s3)cc21. The minimum atomic E-state index is -0.927. The van der Waals surface area contributed by atoms with E-state index in [1.807, 2.05) is 0 Å². The van der Waals surface area contributed by atoms with Crippen LogP contribution in [0.5, 0.6) is 0 Å². The van der Waals surface area contributed by atoms with Gasteiger partial charge in [0.05, 0.1) is 12.1 Å². The summed E-state index contributed by atoms with van der Waals surface area (Å²) in [5.74, 6) is -1.67. The third kappa shape index (κ3) is 6.09. The smallest absolute Gasteiger partial charge is 0.217 e. The summed E-state index contributed by atoms with van der Waals surface area (Å²) in [5.41, 5.74) is 4.12. The van der Waals surface area contributed by atoms with Crippen LogP contribution in [0.25, 0.3) is 10.4 Å². The average Bonchev–Trinajstić information content (AvgIpc) is 3.22. The van der Waals surface area contributed by atoms with E-state index in [0.717, 1.165) is 25.3 Å². The van der Waals surface area contributed by atoms with Crippen molar-refractivity contribution in [1.82, 2.24) is 10.6 Å². The Morgan fingerprint density at radius 2 is 1.91 bits per heavy atom. The van der Waals surface area contributed by atoms with Gasteiger partial charge in [-0.25, -0.2) is 8.78 Å². The number of halogens is 2. The minimum absolute atomic E-state index is 0.0870. The van der Waals surface area contributed by atoms with Crippen LogP contribution >= 0.6 is 11.3 Å². The van der Waals surface area contributed by atoms with Crippen molar-refractivity contribution in [2.24, 2.45) is 0 Å². The van der Waals surface area contributed by atoms with Crippen LogP contribution in [0.3, 0.4) is 0 Å². The molecule has 180 valence electrons. The van der Waals surface area contributed by atoms with Crippen LogP contribution in [0.2, 0.25) is 0 Å². The summed E-state index contributed by atoms with van der Waals surface area (Å²) in [5, 5.41) is 17.1. The second-order valence-electron chi connectivity index (χ2n) is 9.03. The molecule has 4 nitrogen and oxygen atoms in total. The number of hydrogen-bond donors (Lipinski definition) is 3. The molecular formula is C27H30F2N2O2S. The van der Waals surface area contributed by atoms with Gasteiger partial charge in [0.1, 0.15) is 11.6 Å². The first-order chi connectivity index (χ1) is 16.3. The van der Waals surface area contributed by atoms with Gasteiger partial charge in [-0.15, -0.1) is 11.3 Å². The predicted octanol–water partition coefficient (Wildman–Crippen LogP) is 5.08. The van der Waals surface area contributed by atoms with Crippen LogP contribution in [0.4, 0.5) is 8.78 Å². The second-order valence-corrected chi connectivity index (χ2v) is 10.3. The molecule has 1 aliphatic rings. The third-order valence-electron chi connectivity index (χ3n) is 6.29. The lowest BCUT2D eigenvalue weighted by molar-refractivity contribution is -0.120. The molecule has 3 N–H and O–H groups in total. The Labute approximate surface area is 203 Å². The number of rotatable bonds is 8. The van der Waals surface area contributed by atoms with E-state index in [2.05, 4.69) is 47.9 Å². The molecule has 1 aromatic heterocycles. The molecular weight excluding hydrogens is 454 g/mol. The van der Waals surface area contributed by atoms with E-state index < -0.39 is 23.8 Å². The zero-order valence-corrected chi connectivity index (χ0v) is 20.2. The number of nitrogens with one attached hydrogen (secondary N) is 2. The van der Waals surface area contributed by atoms with Gasteiger partial charge in [-0.1, -0.05) is 12.1 Å². The van der Waals surface area contributed by atoms with Gasteiger partial charge in [-0.2, -0.15) is 0 Å². The first kappa shape index (κ1) is 24.5. The number of carbonyl (C=O) groups is 1. The van der Waals surface area contributed by atoms with E-state index in [1.54, 1.807) is 11.3 Å². The fourth-order valence-corrected chi connectivity index (χ4v) is 5.55. The molecule has 0 saturated heterocycles. The first-order valence-electron chi connectivity index (χ1n) is 11.6. The summed E-state index contributed by atoms with van der Waals surface area (Å²) < 4.78 is 27.3. The van der Waals surface area contributed by atoms with Gasteiger partial charge >= 0.3 is 0 Å². The normalized spacial score (nSPS) is 17.1. The number of aryl methyl sites for hydroxylation is 2. The quantitative estimate of drug-likeness (QED) is 0.418. The summed E-state index contributed by atoms with van der Waals surface area (Å²) in [7, 11) is 0. The van der Waals surface area contributed by atoms with Crippen molar-refractivity contribution in [2.45, 2.75) is 57.7 Å². The Morgan fingerprint density at radius 1 is 1.15 bits per heavy atom. The maximum absolute atomic E-state index is 13.6. The van der Waals surface area contributed by atoms with Crippen LogP contribution in [0.1, 0.15) is 47.4 Å². The fourth-order valence-electron chi connectivity index (χ4n) is 4.69. The van der Waals surface area contributed by atoms with Crippen LogP contribution < -0.4 is 10.6 Å². The van der Waals surface area contributed by atoms with E-state index in [1.165, 1.54) is 45.5 Å². The Hall–Kier alpha value is -2.61. The number of carbonyl (C=O) groups excluding carboxylic acids is 1. The van der Waals surface area contributed by atoms with Crippen molar-refractivity contribution >= 4 is 17.2 Å². The molecule has 0 fully saturated rings. The van der Waals surface area contributed by atoms with Gasteiger partial charge in [-0.05, 0) is 85.2 Å². The zero-order chi connectivity index (χ0) is 24.2. The second kappa shape index (κ2) is 10.8. The van der Waals surface area contributed by atoms with E-state index in [0.29, 0.717) is 5.56 Å². The number of aliphatic hydroxyl groups excluding tert-OH is 1. The molecule has 0 bridgehead atoms. The maximum Gasteiger partial charge on any atom is 0.217 e. The molecule has 0 aliphatic heterocycles. The molecule has 0 radical (unpaired) electrons. The monoisotopic (exact) mass is 484 g/mol. The highest BCUT2D eigenvalue weighted by molar-refractivity contribution is 7.15. The molecule has 0 unspecified atom stereocenters. The largest absolute Gasteiger partial charge is 0.390 e. The Bertz CT molecular complexity index is 1140. The number of benzene rings is 2. The van der Waals surface area contributed by atoms with Crippen LogP contribution in [0, 0.1) is 18.6 Å². The van der Waals surface area contributed by atoms with Crippen molar-refractivity contribution in [3.05, 3.63) is 81.7 Å². The molecule has 2 aromatic carbocycles. The number of amides is 1. The van der Waals surface area contributed by atoms with E-state index in [9.17, 15) is 18.7 Å². The highest BCUT2D eigenvalue weighted by atomic mass is 32.1. The molecule has 34 heavy (non-hydrogen) atoms. The molecule has 3 aromatic rings. The zero-order valence-electron chi connectivity index (χ0n) is 19.4. The molecule has 1 aliphatic carbocycles. The lowest BCUT2D eigenvalue weighted by Crippen LogP contribution is -2.48. The van der Waals surface area contributed by atoms with Crippen LogP contribution in [0.15, 0.2) is 48.5 Å². The molecule has 0 saturated carbocycles. The first-order valence-corrected chi connectivity index (χ1v) is 12.4. The van der Waals surface area contributed by atoms with Crippen molar-refractivity contribution in [2.75, 3.05) is 6.54 Å². The van der Waals surface area contributed by atoms with Gasteiger partial charge in [0.2, 0.25) is 5.91 Å². The highest BCUT2D eigenvalue weighted by Gasteiger charge is 2.25. The van der Waals surface area contributed by atoms with Gasteiger partial charge in [-0.3, -0.25) is 4.79 Å². The van der Waals surface area contributed by atoms with E-state index >= 15 is 0 Å². The van der Waals surface area contributed by atoms with Crippen molar-refractivity contribution in [3.63, 3.8) is 0 Å². The standard InChI is InChI=1S/C27H30F2N2O2S/c1-16-6-9-27(34-16)20-8-7-19-4-3-5-24(23(19)13-20)30-15-26(33)25(31-17(2)32)12-18-10-21(28)14-22(29)11-18/h6-11,13-14,24-26,30,33H,3-5,12,15H2,1-2H3,(H,31,32)/t24-,25-,26+/m0/s1. The van der Waals surface area contributed by atoms with Crippen LogP contribution in [-0.2, 0) is 17.6 Å². The van der Waals surface area contributed by atoms with Crippen LogP contribution in [-0.4, -0.2) is 29.7 Å². The lowest BCUT2D eigenvalue weighted by atomic mass is 9.86. The predicted molar refractivity (Wildman–Crippen MR) is 132 cm³/mol. The Morgan fingerprint density at radius 3 is 2.59 bits per heavy atom. The molecule has 1 heterocycles. The molecule has 0 spiro atoms. The summed E-state index contributed by atoms with van der Waals surface area (Å²) in [6, 6.07) is 13.5. The summed E-state index contributed by atoms with van der Waals surface area (Å²) in [6.07, 6.45) is 2.23. The average molecular weight is 485 g/mol. The van der Waals surface area contributed by atoms with Gasteiger partial charge in [0, 0.05) is 35.3 Å². The van der Waals surface area contributed by atoms with Gasteiger partial charge in [0.25, 0.3) is 0 Å². The maximum atomic E-state index is 13.6. The van der Waals surface area contributed by atoms with Crippen molar-refractivity contribution < 1.29 is 18.7 Å². The number of hydrogen-bond acceptors (Lipinski definition) is 4. The molecule has 1 amide bonds. The third-order valence-corrected chi connectivity index (χ3v) is 7.34. The van der Waals surface area contributed by atoms with E-state index in [4.69, 9.17) is 0 Å². The lowest BCUT2D eigenvalue weighted by Gasteiger charge is -2.30. The number of fused-ring (bicyclic) bond motifs is 1. The Kier molecular flexibility index (Phi) is 7.76. The Balaban J connectivity index is 1.47. The van der Waals surface area contributed by atoms with Crippen molar-refractivity contribution in [1.29, 1.82) is 0 Å². The molecule has 7 heteroatoms. The highest BCUT2D eigenvalue weighted by Crippen LogP contribution is 2.35. The van der Waals surface area contributed by atoms with Gasteiger partial charge in [0.15, 0.2) is 0 Å².